The molecule has 0 spiro atoms. The topological polar surface area (TPSA) is 40.5 Å². The third-order valence-electron chi connectivity index (χ3n) is 12.3. The van der Waals surface area contributed by atoms with E-state index in [0.29, 0.717) is 0 Å². The van der Waals surface area contributed by atoms with E-state index in [4.69, 9.17) is 0 Å². The van der Waals surface area contributed by atoms with E-state index >= 15 is 0 Å². The molecule has 0 bridgehead atoms. The highest BCUT2D eigenvalue weighted by atomic mass is 16.3. The molecule has 0 saturated carbocycles. The monoisotopic (exact) mass is 676 g/mol. The zero-order valence-electron chi connectivity index (χ0n) is 29.5. The second kappa shape index (κ2) is 13.4. The molecular formula is C50H44O2. The van der Waals surface area contributed by atoms with Gasteiger partial charge in [-0.25, -0.2) is 0 Å². The average Bonchev–Trinajstić information content (AvgIpc) is 3.96. The Morgan fingerprint density at radius 3 is 1.13 bits per heavy atom. The van der Waals surface area contributed by atoms with Crippen LogP contribution < -0.4 is 0 Å². The van der Waals surface area contributed by atoms with Crippen molar-refractivity contribution >= 4 is 12.2 Å². The Morgan fingerprint density at radius 2 is 0.750 bits per heavy atom. The Balaban J connectivity index is 0.000000138. The van der Waals surface area contributed by atoms with Crippen LogP contribution in [0.4, 0.5) is 0 Å². The standard InChI is InChI=1S/2C25H22O/c2*26-24-23-13-7-6-12-21(23)17-25(24,16-18-8-2-1-3-9-18)22-14-19-10-4-5-11-20(19)15-22/h2*1-14,24,26H,15-17H2/t2*24-,25-/m10/s1. The Labute approximate surface area is 307 Å². The Bertz CT molecular complexity index is 2140. The van der Waals surface area contributed by atoms with Gasteiger partial charge in [-0.05, 0) is 94.2 Å². The molecule has 0 aromatic heterocycles. The Hall–Kier alpha value is -5.28. The maximum atomic E-state index is 11.5. The third-order valence-corrected chi connectivity index (χ3v) is 12.3. The molecule has 4 aliphatic rings. The molecule has 0 saturated heterocycles. The van der Waals surface area contributed by atoms with E-state index in [1.54, 1.807) is 0 Å². The third kappa shape index (κ3) is 5.68. The van der Waals surface area contributed by atoms with E-state index in [-0.39, 0.29) is 10.8 Å². The number of rotatable bonds is 6. The van der Waals surface area contributed by atoms with Crippen molar-refractivity contribution in [2.45, 2.75) is 50.7 Å². The molecule has 0 amide bonds. The van der Waals surface area contributed by atoms with Crippen LogP contribution >= 0.6 is 0 Å². The van der Waals surface area contributed by atoms with Crippen molar-refractivity contribution in [1.82, 2.24) is 0 Å². The molecule has 4 atom stereocenters. The lowest BCUT2D eigenvalue weighted by Crippen LogP contribution is -2.31. The van der Waals surface area contributed by atoms with Gasteiger partial charge in [0.25, 0.3) is 0 Å². The van der Waals surface area contributed by atoms with Crippen molar-refractivity contribution in [1.29, 1.82) is 0 Å². The molecule has 0 aliphatic heterocycles. The van der Waals surface area contributed by atoms with Gasteiger partial charge in [-0.2, -0.15) is 0 Å². The van der Waals surface area contributed by atoms with Crippen LogP contribution in [0.2, 0.25) is 0 Å². The lowest BCUT2D eigenvalue weighted by atomic mass is 9.70. The first kappa shape index (κ1) is 32.6. The summed E-state index contributed by atoms with van der Waals surface area (Å²) in [5, 5.41) is 22.9. The summed E-state index contributed by atoms with van der Waals surface area (Å²) in [6.07, 6.45) is 9.15. The van der Waals surface area contributed by atoms with Gasteiger partial charge in [0, 0.05) is 10.8 Å². The molecule has 0 unspecified atom stereocenters. The molecular weight excluding hydrogens is 633 g/mol. The smallest absolute Gasteiger partial charge is 0.0892 e. The molecule has 256 valence electrons. The fourth-order valence-corrected chi connectivity index (χ4v) is 9.64. The second-order valence-corrected chi connectivity index (χ2v) is 15.3. The first-order valence-electron chi connectivity index (χ1n) is 18.7. The number of hydrogen-bond acceptors (Lipinski definition) is 2. The first-order valence-corrected chi connectivity index (χ1v) is 18.7. The molecule has 4 aliphatic carbocycles. The van der Waals surface area contributed by atoms with Gasteiger partial charge in [0.1, 0.15) is 0 Å². The number of aliphatic hydroxyl groups is 2. The summed E-state index contributed by atoms with van der Waals surface area (Å²) in [4.78, 5) is 0. The van der Waals surface area contributed by atoms with Gasteiger partial charge in [-0.15, -0.1) is 0 Å². The fraction of sp³-hybridized carbons (Fsp3) is 0.200. The van der Waals surface area contributed by atoms with Crippen LogP contribution in [0.3, 0.4) is 0 Å². The van der Waals surface area contributed by atoms with Gasteiger partial charge in [-0.3, -0.25) is 0 Å². The lowest BCUT2D eigenvalue weighted by Gasteiger charge is -2.35. The van der Waals surface area contributed by atoms with E-state index in [1.165, 1.54) is 55.7 Å². The van der Waals surface area contributed by atoms with Crippen LogP contribution in [0.5, 0.6) is 0 Å². The molecule has 2 nitrogen and oxygen atoms in total. The summed E-state index contributed by atoms with van der Waals surface area (Å²) in [6.45, 7) is 0. The minimum atomic E-state index is -0.459. The molecule has 2 N–H and O–H groups in total. The summed E-state index contributed by atoms with van der Waals surface area (Å²) in [5.41, 5.74) is 14.9. The van der Waals surface area contributed by atoms with Crippen molar-refractivity contribution in [2.24, 2.45) is 10.8 Å². The van der Waals surface area contributed by atoms with Gasteiger partial charge >= 0.3 is 0 Å². The SMILES string of the molecule is O[C@@H]1c2ccccc2C[C@]1(Cc1ccccc1)C1=Cc2ccccc2C1.O[C@H]1c2ccccc2C[C@@]1(Cc1ccccc1)C1=Cc2ccccc2C1. The average molecular weight is 677 g/mol. The number of benzene rings is 6. The second-order valence-electron chi connectivity index (χ2n) is 15.3. The van der Waals surface area contributed by atoms with Crippen LogP contribution in [0.25, 0.3) is 12.2 Å². The zero-order chi connectivity index (χ0) is 35.1. The van der Waals surface area contributed by atoms with Gasteiger partial charge in [0.2, 0.25) is 0 Å². The van der Waals surface area contributed by atoms with Gasteiger partial charge in [0.05, 0.1) is 12.2 Å². The van der Waals surface area contributed by atoms with E-state index in [9.17, 15) is 10.2 Å². The van der Waals surface area contributed by atoms with E-state index in [0.717, 1.165) is 49.7 Å². The van der Waals surface area contributed by atoms with Crippen LogP contribution in [-0.2, 0) is 38.5 Å². The molecule has 2 heteroatoms. The largest absolute Gasteiger partial charge is 0.387 e. The highest BCUT2D eigenvalue weighted by Gasteiger charge is 2.49. The molecule has 52 heavy (non-hydrogen) atoms. The van der Waals surface area contributed by atoms with E-state index in [2.05, 4.69) is 158 Å². The number of fused-ring (bicyclic) bond motifs is 4. The van der Waals surface area contributed by atoms with E-state index in [1.807, 2.05) is 12.1 Å². The minimum Gasteiger partial charge on any atom is -0.387 e. The van der Waals surface area contributed by atoms with Crippen LogP contribution in [-0.4, -0.2) is 10.2 Å². The van der Waals surface area contributed by atoms with E-state index < -0.39 is 12.2 Å². The van der Waals surface area contributed by atoms with Crippen molar-refractivity contribution in [3.05, 3.63) is 225 Å². The van der Waals surface area contributed by atoms with Crippen molar-refractivity contribution in [3.63, 3.8) is 0 Å². The van der Waals surface area contributed by atoms with Crippen LogP contribution in [0, 0.1) is 10.8 Å². The molecule has 0 heterocycles. The number of hydrogen-bond donors (Lipinski definition) is 2. The molecule has 0 radical (unpaired) electrons. The number of aliphatic hydroxyl groups excluding tert-OH is 2. The predicted octanol–water partition coefficient (Wildman–Crippen LogP) is 10.3. The summed E-state index contributed by atoms with van der Waals surface area (Å²) in [7, 11) is 0. The summed E-state index contributed by atoms with van der Waals surface area (Å²) >= 11 is 0. The highest BCUT2D eigenvalue weighted by Crippen LogP contribution is 2.56. The summed E-state index contributed by atoms with van der Waals surface area (Å²) < 4.78 is 0. The summed E-state index contributed by atoms with van der Waals surface area (Å²) in [6, 6.07) is 55.2. The van der Waals surface area contributed by atoms with Gasteiger partial charge in [-0.1, -0.05) is 181 Å². The molecule has 6 aromatic rings. The Kier molecular flexibility index (Phi) is 8.38. The predicted molar refractivity (Wildman–Crippen MR) is 212 cm³/mol. The van der Waals surface area contributed by atoms with Crippen LogP contribution in [0.1, 0.15) is 67.8 Å². The minimum absolute atomic E-state index is 0.260. The van der Waals surface area contributed by atoms with Crippen molar-refractivity contribution in [3.8, 4) is 0 Å². The van der Waals surface area contributed by atoms with Gasteiger partial charge < -0.3 is 10.2 Å². The fourth-order valence-electron chi connectivity index (χ4n) is 9.64. The lowest BCUT2D eigenvalue weighted by molar-refractivity contribution is 0.0650. The van der Waals surface area contributed by atoms with Crippen LogP contribution in [0.15, 0.2) is 169 Å². The maximum Gasteiger partial charge on any atom is 0.0892 e. The first-order chi connectivity index (χ1) is 25.5. The zero-order valence-corrected chi connectivity index (χ0v) is 29.5. The highest BCUT2D eigenvalue weighted by molar-refractivity contribution is 5.68. The molecule has 10 rings (SSSR count). The quantitative estimate of drug-likeness (QED) is 0.184. The van der Waals surface area contributed by atoms with Gasteiger partial charge in [0.15, 0.2) is 0 Å². The summed E-state index contributed by atoms with van der Waals surface area (Å²) in [5.74, 6) is 0. The normalized spacial score (nSPS) is 23.4. The van der Waals surface area contributed by atoms with Crippen molar-refractivity contribution in [2.75, 3.05) is 0 Å². The molecule has 6 aromatic carbocycles. The Morgan fingerprint density at radius 1 is 0.404 bits per heavy atom. The molecule has 0 fully saturated rings. The maximum absolute atomic E-state index is 11.5. The van der Waals surface area contributed by atoms with Crippen molar-refractivity contribution < 1.29 is 10.2 Å².